The Bertz CT molecular complexity index is 995. The van der Waals surface area contributed by atoms with Crippen molar-refractivity contribution >= 4 is 27.3 Å². The van der Waals surface area contributed by atoms with E-state index in [1.165, 1.54) is 6.07 Å². The summed E-state index contributed by atoms with van der Waals surface area (Å²) in [5.74, 6) is 1.29. The van der Waals surface area contributed by atoms with Gasteiger partial charge in [-0.25, -0.2) is 8.42 Å². The molecular weight excluding hydrogens is 356 g/mol. The highest BCUT2D eigenvalue weighted by molar-refractivity contribution is 7.92. The fourth-order valence-electron chi connectivity index (χ4n) is 2.43. The predicted molar refractivity (Wildman–Crippen MR) is 97.2 cm³/mol. The number of nitrogens with one attached hydrogen (secondary N) is 3. The number of ether oxygens (including phenoxy) is 1. The van der Waals surface area contributed by atoms with E-state index in [-0.39, 0.29) is 10.7 Å². The number of hydrogen-bond acceptors (Lipinski definition) is 7. The largest absolute Gasteiger partial charge is 0.497 e. The summed E-state index contributed by atoms with van der Waals surface area (Å²) in [5.41, 5.74) is 1.62. The molecule has 1 aromatic carbocycles. The van der Waals surface area contributed by atoms with Crippen LogP contribution >= 0.6 is 0 Å². The lowest BCUT2D eigenvalue weighted by molar-refractivity contribution is 0.415. The van der Waals surface area contributed by atoms with E-state index in [2.05, 4.69) is 30.4 Å². The molecule has 0 saturated heterocycles. The summed E-state index contributed by atoms with van der Waals surface area (Å²) in [4.78, 5) is 0.109. The van der Waals surface area contributed by atoms with Crippen LogP contribution in [-0.2, 0) is 10.0 Å². The summed E-state index contributed by atoms with van der Waals surface area (Å²) in [5, 5.41) is 17.5. The molecule has 0 amide bonds. The van der Waals surface area contributed by atoms with Crippen LogP contribution in [0.3, 0.4) is 0 Å². The Morgan fingerprint density at radius 1 is 1.08 bits per heavy atom. The van der Waals surface area contributed by atoms with Gasteiger partial charge in [-0.3, -0.25) is 9.82 Å². The number of hydrogen-bond donors (Lipinski definition) is 3. The molecule has 10 heteroatoms. The summed E-state index contributed by atoms with van der Waals surface area (Å²) in [6.45, 7) is 3.26. The highest BCUT2D eigenvalue weighted by Gasteiger charge is 2.22. The van der Waals surface area contributed by atoms with Crippen molar-refractivity contribution in [3.05, 3.63) is 47.8 Å². The molecule has 9 nitrogen and oxygen atoms in total. The van der Waals surface area contributed by atoms with Gasteiger partial charge in [-0.05, 0) is 38.1 Å². The highest BCUT2D eigenvalue weighted by Crippen LogP contribution is 2.22. The molecule has 0 saturated carbocycles. The molecular formula is C16H18N6O3S. The van der Waals surface area contributed by atoms with Crippen LogP contribution in [0.1, 0.15) is 11.4 Å². The number of H-pyrrole nitrogens is 1. The van der Waals surface area contributed by atoms with E-state index >= 15 is 0 Å². The molecule has 0 fully saturated rings. The number of methoxy groups -OCH3 is 1. The summed E-state index contributed by atoms with van der Waals surface area (Å²) >= 11 is 0. The summed E-state index contributed by atoms with van der Waals surface area (Å²) < 4.78 is 32.5. The van der Waals surface area contributed by atoms with E-state index in [4.69, 9.17) is 4.74 Å². The third-order valence-corrected chi connectivity index (χ3v) is 5.19. The fraction of sp³-hybridized carbons (Fsp3) is 0.188. The quantitative estimate of drug-likeness (QED) is 0.605. The first-order valence-corrected chi connectivity index (χ1v) is 9.16. The average molecular weight is 374 g/mol. The summed E-state index contributed by atoms with van der Waals surface area (Å²) in [6.07, 6.45) is 0. The van der Waals surface area contributed by atoms with E-state index in [1.807, 2.05) is 24.3 Å². The van der Waals surface area contributed by atoms with Crippen LogP contribution in [0.15, 0.2) is 41.3 Å². The molecule has 3 aromatic rings. The Morgan fingerprint density at radius 2 is 1.81 bits per heavy atom. The van der Waals surface area contributed by atoms with E-state index < -0.39 is 10.0 Å². The topological polar surface area (TPSA) is 122 Å². The van der Waals surface area contributed by atoms with Gasteiger partial charge < -0.3 is 10.1 Å². The van der Waals surface area contributed by atoms with Crippen LogP contribution < -0.4 is 14.8 Å². The minimum absolute atomic E-state index is 0.109. The zero-order valence-electron chi connectivity index (χ0n) is 14.4. The Kier molecular flexibility index (Phi) is 4.76. The van der Waals surface area contributed by atoms with Gasteiger partial charge in [0.25, 0.3) is 10.0 Å². The van der Waals surface area contributed by atoms with Crippen molar-refractivity contribution < 1.29 is 13.2 Å². The molecule has 0 bridgehead atoms. The molecule has 2 aromatic heterocycles. The number of rotatable bonds is 6. The summed E-state index contributed by atoms with van der Waals surface area (Å²) in [7, 11) is -2.21. The number of aromatic nitrogens is 4. The Morgan fingerprint density at radius 3 is 2.42 bits per heavy atom. The molecule has 136 valence electrons. The number of aryl methyl sites for hydroxylation is 2. The van der Waals surface area contributed by atoms with Gasteiger partial charge in [0.05, 0.1) is 18.5 Å². The third-order valence-electron chi connectivity index (χ3n) is 3.57. The maximum atomic E-state index is 12.5. The van der Waals surface area contributed by atoms with Crippen molar-refractivity contribution in [3.8, 4) is 5.75 Å². The zero-order valence-corrected chi connectivity index (χ0v) is 15.3. The van der Waals surface area contributed by atoms with E-state index in [0.29, 0.717) is 23.0 Å². The molecule has 3 rings (SSSR count). The van der Waals surface area contributed by atoms with Crippen molar-refractivity contribution in [3.63, 3.8) is 0 Å². The van der Waals surface area contributed by atoms with Crippen molar-refractivity contribution in [2.45, 2.75) is 18.7 Å². The number of sulfonamides is 1. The van der Waals surface area contributed by atoms with Crippen LogP contribution in [0.2, 0.25) is 0 Å². The average Bonchev–Trinajstić information content (AvgIpc) is 2.96. The van der Waals surface area contributed by atoms with Crippen LogP contribution in [0.4, 0.5) is 17.3 Å². The van der Waals surface area contributed by atoms with Crippen LogP contribution in [0.25, 0.3) is 0 Å². The highest BCUT2D eigenvalue weighted by atomic mass is 32.2. The lowest BCUT2D eigenvalue weighted by Crippen LogP contribution is -2.16. The van der Waals surface area contributed by atoms with Gasteiger partial charge in [-0.1, -0.05) is 6.07 Å². The smallest absolute Gasteiger partial charge is 0.266 e. The van der Waals surface area contributed by atoms with Crippen molar-refractivity contribution in [1.82, 2.24) is 20.4 Å². The molecule has 0 radical (unpaired) electrons. The van der Waals surface area contributed by atoms with Gasteiger partial charge in [0, 0.05) is 11.8 Å². The first-order valence-electron chi connectivity index (χ1n) is 7.68. The van der Waals surface area contributed by atoms with Crippen molar-refractivity contribution in [1.29, 1.82) is 0 Å². The standard InChI is InChI=1S/C16H18N6O3S/c1-10-16(11(2)19-18-10)26(23,24)22-15-8-7-14(20-21-15)17-12-5-4-6-13(9-12)25-3/h4-9H,1-3H3,(H,17,20)(H,18,19)(H,21,22). The Hall–Kier alpha value is -3.14. The third kappa shape index (κ3) is 3.75. The monoisotopic (exact) mass is 374 g/mol. The lowest BCUT2D eigenvalue weighted by Gasteiger charge is -2.09. The molecule has 26 heavy (non-hydrogen) atoms. The number of anilines is 3. The van der Waals surface area contributed by atoms with Gasteiger partial charge in [0.2, 0.25) is 0 Å². The molecule has 0 atom stereocenters. The molecule has 0 aliphatic carbocycles. The molecule has 2 heterocycles. The number of nitrogens with zero attached hydrogens (tertiary/aromatic N) is 3. The fourth-order valence-corrected chi connectivity index (χ4v) is 3.80. The summed E-state index contributed by atoms with van der Waals surface area (Å²) in [6, 6.07) is 10.5. The number of aromatic amines is 1. The first kappa shape index (κ1) is 17.7. The van der Waals surface area contributed by atoms with Gasteiger partial charge in [0.1, 0.15) is 10.6 Å². The zero-order chi connectivity index (χ0) is 18.7. The van der Waals surface area contributed by atoms with Gasteiger partial charge in [-0.15, -0.1) is 10.2 Å². The maximum absolute atomic E-state index is 12.5. The molecule has 0 aliphatic heterocycles. The normalized spacial score (nSPS) is 11.2. The molecule has 0 spiro atoms. The minimum atomic E-state index is -3.80. The van der Waals surface area contributed by atoms with E-state index in [1.54, 1.807) is 27.0 Å². The van der Waals surface area contributed by atoms with Gasteiger partial charge in [-0.2, -0.15) is 5.10 Å². The van der Waals surface area contributed by atoms with E-state index in [9.17, 15) is 8.42 Å². The van der Waals surface area contributed by atoms with Crippen LogP contribution in [0, 0.1) is 13.8 Å². The number of benzene rings is 1. The maximum Gasteiger partial charge on any atom is 0.266 e. The molecule has 3 N–H and O–H groups in total. The minimum Gasteiger partial charge on any atom is -0.497 e. The lowest BCUT2D eigenvalue weighted by atomic mass is 10.3. The van der Waals surface area contributed by atoms with Crippen LogP contribution in [0.5, 0.6) is 5.75 Å². The van der Waals surface area contributed by atoms with E-state index in [0.717, 1.165) is 5.69 Å². The Balaban J connectivity index is 1.75. The second-order valence-corrected chi connectivity index (χ2v) is 7.15. The van der Waals surface area contributed by atoms with Gasteiger partial charge >= 0.3 is 0 Å². The first-order chi connectivity index (χ1) is 12.4. The van der Waals surface area contributed by atoms with Crippen molar-refractivity contribution in [2.24, 2.45) is 0 Å². The second-order valence-electron chi connectivity index (χ2n) is 5.53. The predicted octanol–water partition coefficient (Wildman–Crippen LogP) is 2.37. The second kappa shape index (κ2) is 7.00. The van der Waals surface area contributed by atoms with Crippen molar-refractivity contribution in [2.75, 3.05) is 17.1 Å². The molecule has 0 aliphatic rings. The Labute approximate surface area is 150 Å². The van der Waals surface area contributed by atoms with Gasteiger partial charge in [0.15, 0.2) is 11.6 Å². The SMILES string of the molecule is COc1cccc(Nc2ccc(NS(=O)(=O)c3c(C)n[nH]c3C)nn2)c1. The van der Waals surface area contributed by atoms with Crippen LogP contribution in [-0.4, -0.2) is 35.9 Å². The molecule has 0 unspecified atom stereocenters.